The van der Waals surface area contributed by atoms with Gasteiger partial charge in [0.1, 0.15) is 0 Å². The van der Waals surface area contributed by atoms with Crippen LogP contribution in [0.5, 0.6) is 0 Å². The zero-order valence-electron chi connectivity index (χ0n) is 28.2. The molecule has 0 amide bonds. The summed E-state index contributed by atoms with van der Waals surface area (Å²) < 4.78 is 3.43. The molecule has 52 heavy (non-hydrogen) atoms. The van der Waals surface area contributed by atoms with E-state index in [9.17, 15) is 0 Å². The monoisotopic (exact) mass is 726 g/mol. The summed E-state index contributed by atoms with van der Waals surface area (Å²) in [5, 5.41) is 2.46. The molecule has 1 heterocycles. The van der Waals surface area contributed by atoms with Crippen LogP contribution in [0.2, 0.25) is 0 Å². The van der Waals surface area contributed by atoms with Crippen LogP contribution in [0, 0.1) is 0 Å². The number of nitrogens with zero attached hydrogens (tertiary/aromatic N) is 2. The molecule has 8 aromatic carbocycles. The lowest BCUT2D eigenvalue weighted by atomic mass is 9.70. The molecule has 0 saturated carbocycles. The van der Waals surface area contributed by atoms with Gasteiger partial charge < -0.3 is 9.47 Å². The molecule has 244 valence electrons. The van der Waals surface area contributed by atoms with Crippen LogP contribution in [0.3, 0.4) is 0 Å². The molecule has 0 atom stereocenters. The minimum absolute atomic E-state index is 0.409. The van der Waals surface area contributed by atoms with Crippen molar-refractivity contribution in [2.75, 3.05) is 4.90 Å². The highest BCUT2D eigenvalue weighted by atomic mass is 79.9. The molecule has 0 radical (unpaired) electrons. The first kappa shape index (κ1) is 29.6. The van der Waals surface area contributed by atoms with E-state index in [4.69, 9.17) is 0 Å². The van der Waals surface area contributed by atoms with Gasteiger partial charge in [-0.15, -0.1) is 0 Å². The van der Waals surface area contributed by atoms with Gasteiger partial charge in [0.2, 0.25) is 0 Å². The van der Waals surface area contributed by atoms with Gasteiger partial charge in [-0.25, -0.2) is 0 Å². The number of anilines is 3. The first-order chi connectivity index (χ1) is 25.7. The summed E-state index contributed by atoms with van der Waals surface area (Å²) in [7, 11) is 0. The second-order valence-electron chi connectivity index (χ2n) is 13.8. The molecule has 3 heteroatoms. The highest BCUT2D eigenvalue weighted by molar-refractivity contribution is 9.10. The number of aromatic nitrogens is 1. The van der Waals surface area contributed by atoms with E-state index in [1.807, 2.05) is 0 Å². The van der Waals surface area contributed by atoms with E-state index in [1.165, 1.54) is 66.3 Å². The van der Waals surface area contributed by atoms with Crippen molar-refractivity contribution < 1.29 is 0 Å². The summed E-state index contributed by atoms with van der Waals surface area (Å²) in [6, 6.07) is 69.2. The molecule has 0 aliphatic heterocycles. The number of halogens is 1. The zero-order valence-corrected chi connectivity index (χ0v) is 29.8. The topological polar surface area (TPSA) is 8.17 Å². The van der Waals surface area contributed by atoms with Crippen LogP contribution in [0.25, 0.3) is 49.7 Å². The van der Waals surface area contributed by atoms with E-state index in [1.54, 1.807) is 0 Å². The molecular weight excluding hydrogens is 696 g/mol. The van der Waals surface area contributed by atoms with Gasteiger partial charge in [0.15, 0.2) is 0 Å². The lowest BCUT2D eigenvalue weighted by Crippen LogP contribution is -2.26. The smallest absolute Gasteiger partial charge is 0.0726 e. The van der Waals surface area contributed by atoms with Gasteiger partial charge in [-0.2, -0.15) is 0 Å². The van der Waals surface area contributed by atoms with Crippen molar-refractivity contribution in [2.45, 2.75) is 5.41 Å². The second-order valence-corrected chi connectivity index (χ2v) is 14.7. The standard InChI is InChI=1S/C49H31BrN2/c50-32-22-24-34(25-23-32)51(35-27-29-48-42(30-35)41-17-7-11-21-47(41)52(48)33-12-2-1-3-13-33)36-26-28-40-39-16-6-10-20-45(39)49(46(40)31-36)43-18-8-4-14-37(43)38-15-5-9-19-44(38)49/h1-31H. The minimum atomic E-state index is -0.409. The molecule has 2 aliphatic carbocycles. The second kappa shape index (κ2) is 11.2. The molecule has 1 aromatic heterocycles. The summed E-state index contributed by atoms with van der Waals surface area (Å²) in [4.78, 5) is 2.42. The number of hydrogen-bond donors (Lipinski definition) is 0. The van der Waals surface area contributed by atoms with Gasteiger partial charge in [-0.05, 0) is 117 Å². The van der Waals surface area contributed by atoms with Gasteiger partial charge in [0.25, 0.3) is 0 Å². The molecule has 0 bridgehead atoms. The number of hydrogen-bond acceptors (Lipinski definition) is 1. The van der Waals surface area contributed by atoms with E-state index in [0.29, 0.717) is 0 Å². The summed E-state index contributed by atoms with van der Waals surface area (Å²) in [6.45, 7) is 0. The van der Waals surface area contributed by atoms with Crippen molar-refractivity contribution in [1.82, 2.24) is 4.57 Å². The van der Waals surface area contributed by atoms with Gasteiger partial charge in [0.05, 0.1) is 16.4 Å². The fourth-order valence-electron chi connectivity index (χ4n) is 9.21. The minimum Gasteiger partial charge on any atom is -0.310 e. The maximum absolute atomic E-state index is 3.70. The Morgan fingerprint density at radius 3 is 1.56 bits per heavy atom. The Bertz CT molecular complexity index is 2800. The average Bonchev–Trinajstić information content (AvgIpc) is 3.81. The van der Waals surface area contributed by atoms with Crippen LogP contribution < -0.4 is 4.90 Å². The molecule has 11 rings (SSSR count). The SMILES string of the molecule is Brc1ccc(N(c2ccc3c(c2)C2(c4ccccc4-c4ccccc42)c2ccccc2-3)c2ccc3c(c2)c2ccccc2n3-c2ccccc2)cc1. The fourth-order valence-corrected chi connectivity index (χ4v) is 9.48. The van der Waals surface area contributed by atoms with Gasteiger partial charge in [-0.3, -0.25) is 0 Å². The molecule has 1 spiro atoms. The third kappa shape index (κ3) is 4.00. The Morgan fingerprint density at radius 1 is 0.385 bits per heavy atom. The van der Waals surface area contributed by atoms with Crippen LogP contribution in [0.4, 0.5) is 17.1 Å². The summed E-state index contributed by atoms with van der Waals surface area (Å²) >= 11 is 3.70. The molecule has 0 N–H and O–H groups in total. The Kier molecular flexibility index (Phi) is 6.35. The third-order valence-electron chi connectivity index (χ3n) is 11.3. The van der Waals surface area contributed by atoms with Crippen LogP contribution in [0.15, 0.2) is 193 Å². The first-order valence-electron chi connectivity index (χ1n) is 17.8. The zero-order chi connectivity index (χ0) is 34.4. The van der Waals surface area contributed by atoms with Crippen LogP contribution in [-0.4, -0.2) is 4.57 Å². The van der Waals surface area contributed by atoms with E-state index in [-0.39, 0.29) is 0 Å². The fraction of sp³-hybridized carbons (Fsp3) is 0.0204. The highest BCUT2D eigenvalue weighted by Gasteiger charge is 2.51. The normalized spacial score (nSPS) is 13.2. The van der Waals surface area contributed by atoms with Crippen molar-refractivity contribution in [2.24, 2.45) is 0 Å². The van der Waals surface area contributed by atoms with Crippen molar-refractivity contribution in [3.05, 3.63) is 215 Å². The molecule has 0 fully saturated rings. The number of fused-ring (bicyclic) bond motifs is 13. The number of benzene rings is 8. The van der Waals surface area contributed by atoms with Gasteiger partial charge >= 0.3 is 0 Å². The van der Waals surface area contributed by atoms with Crippen LogP contribution >= 0.6 is 15.9 Å². The molecular formula is C49H31BrN2. The summed E-state index contributed by atoms with van der Waals surface area (Å²) in [5.74, 6) is 0. The molecule has 2 nitrogen and oxygen atoms in total. The van der Waals surface area contributed by atoms with E-state index in [2.05, 4.69) is 213 Å². The van der Waals surface area contributed by atoms with E-state index < -0.39 is 5.41 Å². The average molecular weight is 728 g/mol. The largest absolute Gasteiger partial charge is 0.310 e. The van der Waals surface area contributed by atoms with Crippen molar-refractivity contribution >= 4 is 54.8 Å². The third-order valence-corrected chi connectivity index (χ3v) is 11.8. The first-order valence-corrected chi connectivity index (χ1v) is 18.6. The Labute approximate surface area is 311 Å². The molecule has 0 unspecified atom stereocenters. The van der Waals surface area contributed by atoms with Gasteiger partial charge in [-0.1, -0.05) is 131 Å². The van der Waals surface area contributed by atoms with Crippen LogP contribution in [0.1, 0.15) is 22.3 Å². The maximum Gasteiger partial charge on any atom is 0.0726 e. The Balaban J connectivity index is 1.18. The predicted molar refractivity (Wildman–Crippen MR) is 219 cm³/mol. The lowest BCUT2D eigenvalue weighted by molar-refractivity contribution is 0.793. The predicted octanol–water partition coefficient (Wildman–Crippen LogP) is 13.4. The van der Waals surface area contributed by atoms with Crippen LogP contribution in [-0.2, 0) is 5.41 Å². The quantitative estimate of drug-likeness (QED) is 0.175. The summed E-state index contributed by atoms with van der Waals surface area (Å²) in [6.07, 6.45) is 0. The lowest BCUT2D eigenvalue weighted by Gasteiger charge is -2.32. The van der Waals surface area contributed by atoms with Crippen molar-refractivity contribution in [1.29, 1.82) is 0 Å². The molecule has 9 aromatic rings. The Morgan fingerprint density at radius 2 is 0.885 bits per heavy atom. The molecule has 0 saturated heterocycles. The number of para-hydroxylation sites is 2. The highest BCUT2D eigenvalue weighted by Crippen LogP contribution is 2.63. The van der Waals surface area contributed by atoms with Gasteiger partial charge in [0, 0.05) is 38.0 Å². The summed E-state index contributed by atoms with van der Waals surface area (Å²) in [5.41, 5.74) is 17.1. The Hall–Kier alpha value is -6.16. The van der Waals surface area contributed by atoms with E-state index in [0.717, 1.165) is 27.2 Å². The van der Waals surface area contributed by atoms with E-state index >= 15 is 0 Å². The van der Waals surface area contributed by atoms with Crippen molar-refractivity contribution in [3.8, 4) is 27.9 Å². The number of rotatable bonds is 4. The molecule has 2 aliphatic rings. The maximum atomic E-state index is 3.70. The van der Waals surface area contributed by atoms with Crippen molar-refractivity contribution in [3.63, 3.8) is 0 Å².